The van der Waals surface area contributed by atoms with Crippen LogP contribution in [-0.4, -0.2) is 11.7 Å². The average molecular weight is 509 g/mol. The highest BCUT2D eigenvalue weighted by molar-refractivity contribution is 6.07. The van der Waals surface area contributed by atoms with Crippen LogP contribution in [0.3, 0.4) is 0 Å². The number of ketones is 1. The Bertz CT molecular complexity index is 1430. The molecule has 2 aliphatic carbocycles. The van der Waals surface area contributed by atoms with E-state index in [0.717, 1.165) is 41.0 Å². The van der Waals surface area contributed by atoms with Crippen LogP contribution < -0.4 is 10.2 Å². The number of carbonyl (C=O) groups excluding carboxylic acids is 2. The number of carbonyl (C=O) groups is 2. The van der Waals surface area contributed by atoms with Gasteiger partial charge in [0.15, 0.2) is 5.78 Å². The minimum absolute atomic E-state index is 0.0232. The lowest BCUT2D eigenvalue weighted by atomic mass is 9.77. The van der Waals surface area contributed by atoms with E-state index in [0.29, 0.717) is 18.4 Å². The minimum Gasteiger partial charge on any atom is -0.357 e. The zero-order chi connectivity index (χ0) is 26.6. The third kappa shape index (κ3) is 4.44. The Hall–Kier alpha value is -3.73. The van der Waals surface area contributed by atoms with Gasteiger partial charge >= 0.3 is 0 Å². The number of halogens is 1. The summed E-state index contributed by atoms with van der Waals surface area (Å²) in [6.45, 7) is 6.58. The monoisotopic (exact) mass is 508 g/mol. The lowest BCUT2D eigenvalue weighted by Gasteiger charge is -2.35. The fourth-order valence-electron chi connectivity index (χ4n) is 5.81. The molecule has 1 heterocycles. The van der Waals surface area contributed by atoms with E-state index in [1.807, 2.05) is 24.3 Å². The molecule has 1 saturated carbocycles. The van der Waals surface area contributed by atoms with E-state index in [9.17, 15) is 14.0 Å². The number of fused-ring (bicyclic) bond motifs is 1. The van der Waals surface area contributed by atoms with Crippen molar-refractivity contribution >= 4 is 23.1 Å². The molecular weight excluding hydrogens is 475 g/mol. The molecule has 38 heavy (non-hydrogen) atoms. The second-order valence-corrected chi connectivity index (χ2v) is 11.9. The first-order valence-electron chi connectivity index (χ1n) is 13.5. The van der Waals surface area contributed by atoms with Gasteiger partial charge in [0.1, 0.15) is 5.82 Å². The van der Waals surface area contributed by atoms with Crippen molar-refractivity contribution < 1.29 is 14.0 Å². The highest BCUT2D eigenvalue weighted by Gasteiger charge is 2.45. The Morgan fingerprint density at radius 2 is 1.55 bits per heavy atom. The zero-order valence-corrected chi connectivity index (χ0v) is 22.1. The maximum Gasteiger partial charge on any atom is 0.231 e. The largest absolute Gasteiger partial charge is 0.357 e. The summed E-state index contributed by atoms with van der Waals surface area (Å²) in [5, 5.41) is 3.57. The number of anilines is 2. The Kier molecular flexibility index (Phi) is 5.97. The molecule has 1 fully saturated rings. The zero-order valence-electron chi connectivity index (χ0n) is 22.1. The Morgan fingerprint density at radius 1 is 0.895 bits per heavy atom. The number of hydrogen-bond donors (Lipinski definition) is 1. The van der Waals surface area contributed by atoms with Crippen molar-refractivity contribution in [2.24, 2.45) is 5.92 Å². The van der Waals surface area contributed by atoms with E-state index >= 15 is 0 Å². The molecule has 1 N–H and O–H groups in total. The molecule has 0 radical (unpaired) electrons. The molecule has 0 bridgehead atoms. The molecule has 4 nitrogen and oxygen atoms in total. The van der Waals surface area contributed by atoms with Crippen molar-refractivity contribution in [3.8, 4) is 0 Å². The maximum atomic E-state index is 14.0. The van der Waals surface area contributed by atoms with Crippen LogP contribution in [0.15, 0.2) is 84.1 Å². The van der Waals surface area contributed by atoms with Gasteiger partial charge in [-0.15, -0.1) is 0 Å². The van der Waals surface area contributed by atoms with Gasteiger partial charge in [0, 0.05) is 23.6 Å². The normalized spacial score (nSPS) is 21.4. The number of amides is 1. The maximum absolute atomic E-state index is 14.0. The van der Waals surface area contributed by atoms with Crippen molar-refractivity contribution in [3.05, 3.63) is 107 Å². The van der Waals surface area contributed by atoms with Crippen molar-refractivity contribution in [2.75, 3.05) is 10.2 Å². The number of benzene rings is 3. The molecule has 194 valence electrons. The molecule has 0 spiro atoms. The summed E-state index contributed by atoms with van der Waals surface area (Å²) >= 11 is 0. The summed E-state index contributed by atoms with van der Waals surface area (Å²) in [7, 11) is 0. The van der Waals surface area contributed by atoms with E-state index in [4.69, 9.17) is 0 Å². The fraction of sp³-hybridized carbons (Fsp3) is 0.333. The van der Waals surface area contributed by atoms with Crippen molar-refractivity contribution in [1.82, 2.24) is 0 Å². The molecule has 3 aliphatic rings. The lowest BCUT2D eigenvalue weighted by Crippen LogP contribution is -2.39. The van der Waals surface area contributed by atoms with E-state index in [1.165, 1.54) is 17.7 Å². The van der Waals surface area contributed by atoms with Crippen LogP contribution in [0.5, 0.6) is 0 Å². The lowest BCUT2D eigenvalue weighted by molar-refractivity contribution is -0.120. The highest BCUT2D eigenvalue weighted by Crippen LogP contribution is 2.49. The molecule has 0 aromatic heterocycles. The number of Topliss-reactive ketones (excluding diaryl/α,β-unsaturated/α-hetero) is 1. The van der Waals surface area contributed by atoms with Crippen molar-refractivity contribution in [1.29, 1.82) is 0 Å². The Balaban J connectivity index is 1.47. The molecule has 2 unspecified atom stereocenters. The molecular formula is C33H33FN2O2. The fourth-order valence-corrected chi connectivity index (χ4v) is 5.81. The van der Waals surface area contributed by atoms with Gasteiger partial charge in [-0.25, -0.2) is 4.39 Å². The van der Waals surface area contributed by atoms with Crippen LogP contribution in [0, 0.1) is 11.7 Å². The smallest absolute Gasteiger partial charge is 0.231 e. The number of allylic oxidation sites excluding steroid dienone is 1. The second-order valence-electron chi connectivity index (χ2n) is 11.9. The van der Waals surface area contributed by atoms with Crippen LogP contribution in [-0.2, 0) is 15.0 Å². The van der Waals surface area contributed by atoms with Gasteiger partial charge < -0.3 is 5.32 Å². The predicted molar refractivity (Wildman–Crippen MR) is 149 cm³/mol. The summed E-state index contributed by atoms with van der Waals surface area (Å²) < 4.78 is 13.9. The highest BCUT2D eigenvalue weighted by atomic mass is 19.1. The molecule has 6 rings (SSSR count). The number of para-hydroxylation sites is 2. The van der Waals surface area contributed by atoms with E-state index in [-0.39, 0.29) is 34.8 Å². The van der Waals surface area contributed by atoms with Crippen LogP contribution in [0.1, 0.15) is 75.1 Å². The van der Waals surface area contributed by atoms with Crippen LogP contribution >= 0.6 is 0 Å². The molecule has 3 aromatic carbocycles. The van der Waals surface area contributed by atoms with Gasteiger partial charge in [0.2, 0.25) is 5.91 Å². The van der Waals surface area contributed by atoms with Crippen molar-refractivity contribution in [3.63, 3.8) is 0 Å². The number of hydrogen-bond acceptors (Lipinski definition) is 3. The SMILES string of the molecule is CC(C)(C)c1ccc(C2CC(=O)C3=C(C2)Nc2ccccc2N(C(=O)C2CC2)C3c2ccc(F)cc2)cc1. The number of nitrogens with one attached hydrogen (secondary N) is 1. The predicted octanol–water partition coefficient (Wildman–Crippen LogP) is 7.43. The van der Waals surface area contributed by atoms with E-state index < -0.39 is 6.04 Å². The summed E-state index contributed by atoms with van der Waals surface area (Å²) in [6.07, 6.45) is 2.74. The van der Waals surface area contributed by atoms with Crippen LogP contribution in [0.2, 0.25) is 0 Å². The van der Waals surface area contributed by atoms with Gasteiger partial charge in [-0.2, -0.15) is 0 Å². The Morgan fingerprint density at radius 3 is 2.21 bits per heavy atom. The second kappa shape index (κ2) is 9.23. The van der Waals surface area contributed by atoms with Gasteiger partial charge in [0.25, 0.3) is 0 Å². The molecule has 1 aliphatic heterocycles. The number of nitrogens with zero attached hydrogens (tertiary/aromatic N) is 1. The van der Waals surface area contributed by atoms with E-state index in [1.54, 1.807) is 17.0 Å². The van der Waals surface area contributed by atoms with Crippen LogP contribution in [0.25, 0.3) is 0 Å². The standard InChI is InChI=1S/C33H33FN2O2/c1-33(2,3)24-14-10-20(11-15-24)23-18-27-30(29(37)19-23)31(21-12-16-25(34)17-13-21)36(32(38)22-8-9-22)28-7-5-4-6-26(28)35-27/h4-7,10-17,22-23,31,35H,8-9,18-19H2,1-3H3. The number of rotatable bonds is 3. The average Bonchev–Trinajstić information content (AvgIpc) is 3.75. The first-order chi connectivity index (χ1) is 18.2. The topological polar surface area (TPSA) is 49.4 Å². The molecule has 1 amide bonds. The summed E-state index contributed by atoms with van der Waals surface area (Å²) in [4.78, 5) is 29.6. The quantitative estimate of drug-likeness (QED) is 0.400. The third-order valence-electron chi connectivity index (χ3n) is 8.09. The van der Waals surface area contributed by atoms with Gasteiger partial charge in [-0.05, 0) is 71.6 Å². The first-order valence-corrected chi connectivity index (χ1v) is 13.5. The Labute approximate surface area is 223 Å². The van der Waals surface area contributed by atoms with Gasteiger partial charge in [0.05, 0.1) is 17.4 Å². The van der Waals surface area contributed by atoms with Gasteiger partial charge in [-0.3, -0.25) is 14.5 Å². The summed E-state index contributed by atoms with van der Waals surface area (Å²) in [6, 6.07) is 22.0. The molecule has 3 aromatic rings. The summed E-state index contributed by atoms with van der Waals surface area (Å²) in [5.41, 5.74) is 6.23. The minimum atomic E-state index is -0.605. The van der Waals surface area contributed by atoms with Crippen LogP contribution in [0.4, 0.5) is 15.8 Å². The van der Waals surface area contributed by atoms with Crippen molar-refractivity contribution in [2.45, 2.75) is 63.8 Å². The molecule has 2 atom stereocenters. The first kappa shape index (κ1) is 24.6. The molecule has 5 heteroatoms. The van der Waals surface area contributed by atoms with Gasteiger partial charge in [-0.1, -0.05) is 69.3 Å². The van der Waals surface area contributed by atoms with E-state index in [2.05, 4.69) is 50.4 Å². The third-order valence-corrected chi connectivity index (χ3v) is 8.09. The summed E-state index contributed by atoms with van der Waals surface area (Å²) in [5.74, 6) is -0.297. The molecule has 0 saturated heterocycles.